The Morgan fingerprint density at radius 3 is 0.779 bits per heavy atom. The highest BCUT2D eigenvalue weighted by atomic mass is 33.5. The van der Waals surface area contributed by atoms with E-state index in [0.29, 0.717) is 5.69 Å². The molecule has 0 spiro atoms. The van der Waals surface area contributed by atoms with Gasteiger partial charge >= 0.3 is 0 Å². The van der Waals surface area contributed by atoms with Gasteiger partial charge in [-0.15, -0.1) is 0 Å². The van der Waals surface area contributed by atoms with Crippen molar-refractivity contribution < 1.29 is 0 Å². The van der Waals surface area contributed by atoms with E-state index in [-0.39, 0.29) is 10.8 Å². The quantitative estimate of drug-likeness (QED) is 0.383. The predicted molar refractivity (Wildman–Crippen MR) is 489 cm³/mol. The van der Waals surface area contributed by atoms with Crippen molar-refractivity contribution in [2.75, 3.05) is 5.73 Å². The Morgan fingerprint density at radius 2 is 0.558 bits per heavy atom. The van der Waals surface area contributed by atoms with E-state index in [1.54, 1.807) is 113 Å². The lowest BCUT2D eigenvalue weighted by Gasteiger charge is -2.18. The molecule has 444 valence electrons. The molecule has 0 saturated heterocycles. The van der Waals surface area contributed by atoms with Crippen LogP contribution >= 0.6 is 0 Å². The van der Waals surface area contributed by atoms with Gasteiger partial charge in [-0.1, -0.05) is 41.5 Å². The fourth-order valence-electron chi connectivity index (χ4n) is 3.08. The molecular formula is C19H25N5S53. The van der Waals surface area contributed by atoms with Crippen molar-refractivity contribution in [3.8, 4) is 11.4 Å². The Labute approximate surface area is 602 Å². The highest BCUT2D eigenvalue weighted by Crippen LogP contribution is 2.30. The zero-order chi connectivity index (χ0) is 55.8. The number of H-pyrrole nitrogens is 1. The van der Waals surface area contributed by atoms with Crippen molar-refractivity contribution in [1.29, 1.82) is 0 Å². The van der Waals surface area contributed by atoms with Gasteiger partial charge in [-0.25, -0.2) is 4.98 Å². The molecular weight excluding hydrogens is 2000 g/mol. The second kappa shape index (κ2) is 59.0. The molecule has 0 aromatic carbocycles. The maximum absolute atomic E-state index is 6.26. The van der Waals surface area contributed by atoms with Crippen molar-refractivity contribution in [1.82, 2.24) is 19.9 Å². The molecule has 0 atom stereocenters. The van der Waals surface area contributed by atoms with Crippen LogP contribution in [-0.4, -0.2) is 19.9 Å². The molecule has 0 fully saturated rings. The molecule has 3 aromatic rings. The summed E-state index contributed by atoms with van der Waals surface area (Å²) in [5, 5.41) is 0. The molecule has 58 heteroatoms. The number of imidazole rings is 1. The van der Waals surface area contributed by atoms with Crippen LogP contribution in [0.15, 0.2) is 24.5 Å². The third kappa shape index (κ3) is 49.5. The summed E-state index contributed by atoms with van der Waals surface area (Å²) in [6.45, 7) is 12.8. The van der Waals surface area contributed by atoms with Gasteiger partial charge in [-0.05, 0) is 12.1 Å². The van der Waals surface area contributed by atoms with Crippen molar-refractivity contribution in [3.05, 3.63) is 35.9 Å². The Balaban J connectivity index is 0.000000691. The number of nitrogens with one attached hydrogen (secondary N) is 1. The zero-order valence-corrected chi connectivity index (χ0v) is 80.1. The first kappa shape index (κ1) is 82.3. The van der Waals surface area contributed by atoms with E-state index >= 15 is 0 Å². The van der Waals surface area contributed by atoms with E-state index in [4.69, 9.17) is 33.1 Å². The summed E-state index contributed by atoms with van der Waals surface area (Å²) in [4.78, 5) is 17.1. The first-order valence-electron chi connectivity index (χ1n) is 16.8. The smallest absolute Gasteiger partial charge is 0.142 e. The molecule has 0 unspecified atom stereocenters. The van der Waals surface area contributed by atoms with E-state index in [1.165, 1.54) is 17.8 Å². The van der Waals surface area contributed by atoms with Gasteiger partial charge in [0.1, 0.15) is 5.82 Å². The van der Waals surface area contributed by atoms with E-state index in [1.807, 2.05) is 347 Å². The van der Waals surface area contributed by atoms with Crippen LogP contribution in [0.25, 0.3) is 22.4 Å². The first-order chi connectivity index (χ1) is 37.5. The standard InChI is InChI=1S/C19H25N5.S53/c1-18(2,3)15-7-12(20)11(9-21-15)17-23-13-8-16(19(4,5)6)22-10-14(13)24-17;1-3-5-7-9-11-13-15-17-19-21-23-25-27-29-31-33-35-37-39-41-43-45-47-49-51-53-52-50-48-46-44-42-40-38-36-34-32-30-28-26-24-22-20-18-16-14-12-10-8-6-4-2/h7-10H,1-6H3,(H2,20,21)(H,23,24);. The number of hydrogen-bond donors (Lipinski definition) is 2. The number of aromatic nitrogens is 4. The maximum Gasteiger partial charge on any atom is 0.142 e. The van der Waals surface area contributed by atoms with Gasteiger partial charge in [-0.2, -0.15) is 0 Å². The average Bonchev–Trinajstić information content (AvgIpc) is 3.84. The van der Waals surface area contributed by atoms with Crippen molar-refractivity contribution >= 4 is 492 Å². The van der Waals surface area contributed by atoms with Crippen molar-refractivity contribution in [2.45, 2.75) is 52.4 Å². The number of aromatic amines is 1. The van der Waals surface area contributed by atoms with Crippen LogP contribution in [-0.2, 0) is 486 Å². The van der Waals surface area contributed by atoms with Gasteiger partial charge in [0.2, 0.25) is 0 Å². The van der Waals surface area contributed by atoms with E-state index < -0.39 is 0 Å². The second-order valence-corrected chi connectivity index (χ2v) is 102. The molecule has 0 amide bonds. The molecule has 0 aliphatic heterocycles. The number of nitrogen functional groups attached to an aromatic ring is 1. The van der Waals surface area contributed by atoms with E-state index in [0.717, 1.165) is 33.8 Å². The number of pyridine rings is 2. The van der Waals surface area contributed by atoms with Crippen LogP contribution in [0.3, 0.4) is 0 Å². The Bertz CT molecular complexity index is 4910. The Morgan fingerprint density at radius 1 is 0.338 bits per heavy atom. The first-order valence-corrected chi connectivity index (χ1v) is 86.2. The lowest BCUT2D eigenvalue weighted by molar-refractivity contribution is 0.569. The zero-order valence-electron chi connectivity index (χ0n) is 36.9. The summed E-state index contributed by atoms with van der Waals surface area (Å²) < 4.78 is 0. The fraction of sp³-hybridized carbons (Fsp3) is 0.421. The molecule has 0 aliphatic carbocycles. The highest BCUT2D eigenvalue weighted by Gasteiger charge is 2.19. The molecule has 3 rings (SSSR count). The third-order valence-electron chi connectivity index (χ3n) is 5.48. The minimum Gasteiger partial charge on any atom is -0.398 e. The molecule has 0 bridgehead atoms. The summed E-state index contributed by atoms with van der Waals surface area (Å²) in [6.07, 6.45) is 3.63. The van der Waals surface area contributed by atoms with Crippen molar-refractivity contribution in [3.63, 3.8) is 0 Å². The van der Waals surface area contributed by atoms with E-state index in [2.05, 4.69) is 56.5 Å². The van der Waals surface area contributed by atoms with Crippen LogP contribution in [0.1, 0.15) is 52.9 Å². The monoisotopic (exact) mass is 2020 g/mol. The van der Waals surface area contributed by atoms with Gasteiger partial charge in [0.15, 0.2) is 0 Å². The van der Waals surface area contributed by atoms with Crippen LogP contribution < -0.4 is 5.73 Å². The number of rotatable bonds is 1. The number of fused-ring (bicyclic) bond motifs is 1. The molecule has 3 heterocycles. The topological polar surface area (TPSA) is 80.5 Å². The van der Waals surface area contributed by atoms with Crippen molar-refractivity contribution in [2.24, 2.45) is 0 Å². The Kier molecular flexibility index (Phi) is 63.1. The fourth-order valence-corrected chi connectivity index (χ4v) is 138. The molecule has 3 N–H and O–H groups in total. The van der Waals surface area contributed by atoms with Gasteiger partial charge in [0, 0.05) is 509 Å². The number of nitrogens with zero attached hydrogens (tertiary/aromatic N) is 3. The minimum atomic E-state index is -0.0357. The molecule has 0 radical (unpaired) electrons. The van der Waals surface area contributed by atoms with E-state index in [9.17, 15) is 0 Å². The predicted octanol–water partition coefficient (Wildman–Crippen LogP) is 4.07. The maximum atomic E-state index is 6.26. The van der Waals surface area contributed by atoms with Crippen LogP contribution in [0.4, 0.5) is 5.69 Å². The molecule has 3 aromatic heterocycles. The van der Waals surface area contributed by atoms with Gasteiger partial charge < -0.3 is 10.7 Å². The highest BCUT2D eigenvalue weighted by molar-refractivity contribution is 8.82. The molecule has 0 saturated carbocycles. The molecule has 5 nitrogen and oxygen atoms in total. The molecule has 77 heavy (non-hydrogen) atoms. The summed E-state index contributed by atoms with van der Waals surface area (Å²) in [7, 11) is 91.2. The molecule has 0 aliphatic rings. The average molecular weight is 2020 g/mol. The lowest BCUT2D eigenvalue weighted by atomic mass is 9.91. The Hall–Kier alpha value is 9.23. The summed E-state index contributed by atoms with van der Waals surface area (Å²) in [6, 6.07) is 3.96. The third-order valence-corrected chi connectivity index (χ3v) is 117. The van der Waals surface area contributed by atoms with Crippen LogP contribution in [0.5, 0.6) is 0 Å². The largest absolute Gasteiger partial charge is 0.398 e. The van der Waals surface area contributed by atoms with Gasteiger partial charge in [-0.3, -0.25) is 9.97 Å². The second-order valence-electron chi connectivity index (χ2n) is 11.8. The minimum absolute atomic E-state index is 0.0117. The van der Waals surface area contributed by atoms with Gasteiger partial charge in [0.05, 0.1) is 22.8 Å². The normalized spacial score (nSPS) is 9.32. The SMILES string of the molecule is CC(C)(C)c1cc(N)c(-c2nc3cc(C(C)(C)C)ncc3[nH]2)cn1.S=S=S=S=S=S=S=S=S=S=S=S=S=S=S=S=S=S=S=S=S=S=S=S=S=S=S=S=S=S=S=S=S=S=S=S=S=S=S=S=S=S=S=S=S=S=S=S=S=S=S=S=S. The summed E-state index contributed by atoms with van der Waals surface area (Å²) >= 11 is 9.63. The van der Waals surface area contributed by atoms with Crippen LogP contribution in [0, 0.1) is 0 Å². The van der Waals surface area contributed by atoms with Gasteiger partial charge in [0.25, 0.3) is 0 Å². The summed E-state index contributed by atoms with van der Waals surface area (Å²) in [5.41, 5.74) is 11.5. The number of anilines is 1. The number of hydrogen-bond acceptors (Lipinski definition) is 6. The number of nitrogens with two attached hydrogens (primary N) is 1. The van der Waals surface area contributed by atoms with Crippen LogP contribution in [0.2, 0.25) is 0 Å². The lowest BCUT2D eigenvalue weighted by Crippen LogP contribution is -2.14. The summed E-state index contributed by atoms with van der Waals surface area (Å²) in [5.74, 6) is 0.725.